The first kappa shape index (κ1) is 20.1. The van der Waals surface area contributed by atoms with Gasteiger partial charge in [0, 0.05) is 4.88 Å². The number of carbonyl (C=O) groups is 2. The molecule has 2 heterocycles. The minimum Gasteiger partial charge on any atom is -0.353 e. The van der Waals surface area contributed by atoms with E-state index < -0.39 is 11.8 Å². The highest BCUT2D eigenvalue weighted by atomic mass is 32.1. The van der Waals surface area contributed by atoms with Gasteiger partial charge in [0.05, 0.1) is 19.1 Å². The SMILES string of the molecule is C[C@@H](NC(=O)[C@H]1COC2(CCCCC2)N1C(=O)Cc1cccs1)c1ccccc1. The van der Waals surface area contributed by atoms with E-state index in [9.17, 15) is 9.59 Å². The molecule has 2 amide bonds. The molecule has 0 unspecified atom stereocenters. The number of amides is 2. The van der Waals surface area contributed by atoms with Crippen LogP contribution in [0.15, 0.2) is 47.8 Å². The molecule has 2 fully saturated rings. The maximum absolute atomic E-state index is 13.3. The Morgan fingerprint density at radius 2 is 1.93 bits per heavy atom. The van der Waals surface area contributed by atoms with E-state index in [0.717, 1.165) is 42.5 Å². The smallest absolute Gasteiger partial charge is 0.245 e. The normalized spacial score (nSPS) is 21.8. The molecule has 6 heteroatoms. The quantitative estimate of drug-likeness (QED) is 0.806. The Labute approximate surface area is 176 Å². The summed E-state index contributed by atoms with van der Waals surface area (Å²) >= 11 is 1.57. The molecule has 1 aromatic heterocycles. The highest BCUT2D eigenvalue weighted by molar-refractivity contribution is 7.10. The molecule has 2 aromatic rings. The van der Waals surface area contributed by atoms with Crippen molar-refractivity contribution in [2.75, 3.05) is 6.61 Å². The van der Waals surface area contributed by atoms with Gasteiger partial charge in [-0.2, -0.15) is 0 Å². The Balaban J connectivity index is 1.53. The van der Waals surface area contributed by atoms with Gasteiger partial charge in [0.25, 0.3) is 0 Å². The van der Waals surface area contributed by atoms with Gasteiger partial charge in [-0.15, -0.1) is 11.3 Å². The van der Waals surface area contributed by atoms with E-state index >= 15 is 0 Å². The maximum Gasteiger partial charge on any atom is 0.245 e. The van der Waals surface area contributed by atoms with E-state index in [0.29, 0.717) is 6.42 Å². The highest BCUT2D eigenvalue weighted by Crippen LogP contribution is 2.41. The van der Waals surface area contributed by atoms with Crippen LogP contribution in [0.1, 0.15) is 55.5 Å². The van der Waals surface area contributed by atoms with Gasteiger partial charge in [-0.1, -0.05) is 42.8 Å². The van der Waals surface area contributed by atoms with E-state index in [4.69, 9.17) is 4.74 Å². The zero-order valence-electron chi connectivity index (χ0n) is 16.8. The summed E-state index contributed by atoms with van der Waals surface area (Å²) in [6.07, 6.45) is 5.14. The van der Waals surface area contributed by atoms with Gasteiger partial charge >= 0.3 is 0 Å². The standard InChI is InChI=1S/C23H28N2O3S/c1-17(18-9-4-2-5-10-18)24-22(27)20-16-28-23(12-6-3-7-13-23)25(20)21(26)15-19-11-8-14-29-19/h2,4-5,8-11,14,17,20H,3,6-7,12-13,15-16H2,1H3,(H,24,27)/t17-,20-/m1/s1. The zero-order valence-corrected chi connectivity index (χ0v) is 17.6. The van der Waals surface area contributed by atoms with E-state index in [1.165, 1.54) is 0 Å². The third-order valence-electron chi connectivity index (χ3n) is 6.03. The first-order chi connectivity index (χ1) is 14.1. The molecule has 1 spiro atoms. The van der Waals surface area contributed by atoms with E-state index in [1.54, 1.807) is 16.2 Å². The van der Waals surface area contributed by atoms with Crippen molar-refractivity contribution in [3.8, 4) is 0 Å². The van der Waals surface area contributed by atoms with Crippen molar-refractivity contribution in [2.45, 2.75) is 63.3 Å². The van der Waals surface area contributed by atoms with Crippen LogP contribution in [0.3, 0.4) is 0 Å². The maximum atomic E-state index is 13.3. The summed E-state index contributed by atoms with van der Waals surface area (Å²) in [5.41, 5.74) is 0.425. The fourth-order valence-corrected chi connectivity index (χ4v) is 5.22. The predicted octanol–water partition coefficient (Wildman–Crippen LogP) is 4.06. The number of thiophene rings is 1. The second-order valence-electron chi connectivity index (χ2n) is 7.99. The summed E-state index contributed by atoms with van der Waals surface area (Å²) in [5.74, 6) is -0.150. The molecule has 1 aromatic carbocycles. The van der Waals surface area contributed by atoms with Gasteiger partial charge in [0.1, 0.15) is 11.8 Å². The first-order valence-electron chi connectivity index (χ1n) is 10.4. The molecule has 2 aliphatic rings. The Morgan fingerprint density at radius 1 is 1.17 bits per heavy atom. The van der Waals surface area contributed by atoms with Gasteiger partial charge < -0.3 is 10.1 Å². The fourth-order valence-electron chi connectivity index (χ4n) is 4.53. The van der Waals surface area contributed by atoms with Gasteiger partial charge in [-0.05, 0) is 49.6 Å². The first-order valence-corrected chi connectivity index (χ1v) is 11.3. The van der Waals surface area contributed by atoms with Crippen LogP contribution in [0.5, 0.6) is 0 Å². The lowest BCUT2D eigenvalue weighted by Crippen LogP contribution is -2.57. The van der Waals surface area contributed by atoms with Crippen LogP contribution in [0.4, 0.5) is 0 Å². The molecule has 1 aliphatic heterocycles. The average Bonchev–Trinajstić information content (AvgIpc) is 3.37. The molecule has 154 valence electrons. The molecule has 29 heavy (non-hydrogen) atoms. The summed E-state index contributed by atoms with van der Waals surface area (Å²) in [7, 11) is 0. The number of ether oxygens (including phenoxy) is 1. The molecule has 0 radical (unpaired) electrons. The van der Waals surface area contributed by atoms with Crippen molar-refractivity contribution in [1.82, 2.24) is 10.2 Å². The van der Waals surface area contributed by atoms with Crippen molar-refractivity contribution in [1.29, 1.82) is 0 Å². The summed E-state index contributed by atoms with van der Waals surface area (Å²) < 4.78 is 6.20. The van der Waals surface area contributed by atoms with E-state index in [-0.39, 0.29) is 24.5 Å². The number of hydrogen-bond donors (Lipinski definition) is 1. The number of rotatable bonds is 5. The largest absolute Gasteiger partial charge is 0.353 e. The molecule has 1 saturated heterocycles. The number of carbonyl (C=O) groups excluding carboxylic acids is 2. The minimum absolute atomic E-state index is 0.0145. The lowest BCUT2D eigenvalue weighted by molar-refractivity contribution is -0.159. The Hall–Kier alpha value is -2.18. The summed E-state index contributed by atoms with van der Waals surface area (Å²) in [6.45, 7) is 2.24. The van der Waals surface area contributed by atoms with Crippen LogP contribution in [0.25, 0.3) is 0 Å². The van der Waals surface area contributed by atoms with Crippen LogP contribution in [-0.2, 0) is 20.7 Å². The number of nitrogens with one attached hydrogen (secondary N) is 1. The van der Waals surface area contributed by atoms with Crippen LogP contribution in [0.2, 0.25) is 0 Å². The molecule has 0 bridgehead atoms. The number of nitrogens with zero attached hydrogens (tertiary/aromatic N) is 1. The van der Waals surface area contributed by atoms with Gasteiger partial charge in [0.15, 0.2) is 0 Å². The highest BCUT2D eigenvalue weighted by Gasteiger charge is 2.52. The van der Waals surface area contributed by atoms with Crippen molar-refractivity contribution in [3.63, 3.8) is 0 Å². The second kappa shape index (κ2) is 8.67. The van der Waals surface area contributed by atoms with Crippen LogP contribution < -0.4 is 5.32 Å². The summed E-state index contributed by atoms with van der Waals surface area (Å²) in [4.78, 5) is 29.3. The van der Waals surface area contributed by atoms with Crippen LogP contribution >= 0.6 is 11.3 Å². The van der Waals surface area contributed by atoms with Crippen molar-refractivity contribution < 1.29 is 14.3 Å². The molecule has 4 rings (SSSR count). The molecule has 1 N–H and O–H groups in total. The second-order valence-corrected chi connectivity index (χ2v) is 9.03. The molecular weight excluding hydrogens is 384 g/mol. The monoisotopic (exact) mass is 412 g/mol. The third-order valence-corrected chi connectivity index (χ3v) is 6.91. The van der Waals surface area contributed by atoms with Crippen LogP contribution in [0, 0.1) is 0 Å². The lowest BCUT2D eigenvalue weighted by atomic mass is 9.90. The molecule has 2 atom stereocenters. The predicted molar refractivity (Wildman–Crippen MR) is 113 cm³/mol. The number of benzene rings is 1. The van der Waals surface area contributed by atoms with E-state index in [2.05, 4.69) is 5.32 Å². The van der Waals surface area contributed by atoms with Gasteiger partial charge in [0.2, 0.25) is 11.8 Å². The van der Waals surface area contributed by atoms with Crippen LogP contribution in [-0.4, -0.2) is 35.1 Å². The van der Waals surface area contributed by atoms with Crippen molar-refractivity contribution in [3.05, 3.63) is 58.3 Å². The topological polar surface area (TPSA) is 58.6 Å². The van der Waals surface area contributed by atoms with Crippen molar-refractivity contribution in [2.24, 2.45) is 0 Å². The van der Waals surface area contributed by atoms with E-state index in [1.807, 2.05) is 54.8 Å². The Kier molecular flexibility index (Phi) is 6.01. The molecular formula is C23H28N2O3S. The van der Waals surface area contributed by atoms with Gasteiger partial charge in [-0.3, -0.25) is 14.5 Å². The minimum atomic E-state index is -0.620. The third kappa shape index (κ3) is 4.23. The Morgan fingerprint density at radius 3 is 2.62 bits per heavy atom. The molecule has 1 saturated carbocycles. The van der Waals surface area contributed by atoms with Crippen molar-refractivity contribution >= 4 is 23.2 Å². The molecule has 5 nitrogen and oxygen atoms in total. The van der Waals surface area contributed by atoms with Gasteiger partial charge in [-0.25, -0.2) is 0 Å². The number of hydrogen-bond acceptors (Lipinski definition) is 4. The summed E-state index contributed by atoms with van der Waals surface area (Å²) in [5, 5.41) is 5.07. The fraction of sp³-hybridized carbons (Fsp3) is 0.478. The Bertz CT molecular complexity index is 831. The lowest BCUT2D eigenvalue weighted by Gasteiger charge is -2.41. The zero-order chi connectivity index (χ0) is 20.3. The average molecular weight is 413 g/mol. The summed E-state index contributed by atoms with van der Waals surface area (Å²) in [6, 6.07) is 13.1. The molecule has 1 aliphatic carbocycles.